The quantitative estimate of drug-likeness (QED) is 0.235. The highest BCUT2D eigenvalue weighted by atomic mass is 16.3. The van der Waals surface area contributed by atoms with Crippen LogP contribution in [-0.2, 0) is 0 Å². The molecule has 0 saturated carbocycles. The Hall–Kier alpha value is -5.41. The average Bonchev–Trinajstić information content (AvgIpc) is 3.63. The van der Waals surface area contributed by atoms with E-state index in [1.165, 1.54) is 16.7 Å². The van der Waals surface area contributed by atoms with Gasteiger partial charge in [-0.15, -0.1) is 0 Å². The predicted octanol–water partition coefficient (Wildman–Crippen LogP) is 10.4. The van der Waals surface area contributed by atoms with E-state index in [4.69, 9.17) is 8.83 Å². The summed E-state index contributed by atoms with van der Waals surface area (Å²) in [6.07, 6.45) is 0. The van der Waals surface area contributed by atoms with E-state index in [-0.39, 0.29) is 0 Å². The smallest absolute Gasteiger partial charge is 0.227 e. The van der Waals surface area contributed by atoms with Crippen LogP contribution in [0.2, 0.25) is 0 Å². The standard InChI is InChI=1S/C37H23NO2/c1-3-9-24(10-4-1)28-19-20-34-31(21-28)32-23-29(25-11-5-2-6-12-25)22-30(36(32)39-34)26-15-17-27(18-16-26)37-38-33-13-7-8-14-35(33)40-37/h1-23H. The van der Waals surface area contributed by atoms with Gasteiger partial charge in [-0.2, -0.15) is 0 Å². The summed E-state index contributed by atoms with van der Waals surface area (Å²) in [6, 6.07) is 48.1. The van der Waals surface area contributed by atoms with Crippen LogP contribution in [0.1, 0.15) is 0 Å². The van der Waals surface area contributed by atoms with Crippen LogP contribution in [0.3, 0.4) is 0 Å². The van der Waals surface area contributed by atoms with Crippen molar-refractivity contribution in [3.63, 3.8) is 0 Å². The molecule has 0 aliphatic carbocycles. The van der Waals surface area contributed by atoms with Crippen molar-refractivity contribution in [1.29, 1.82) is 0 Å². The lowest BCUT2D eigenvalue weighted by Gasteiger charge is -2.09. The molecule has 0 atom stereocenters. The molecule has 188 valence electrons. The Balaban J connectivity index is 1.31. The number of rotatable bonds is 4. The van der Waals surface area contributed by atoms with Crippen LogP contribution in [0.5, 0.6) is 0 Å². The summed E-state index contributed by atoms with van der Waals surface area (Å²) >= 11 is 0. The molecular formula is C37H23NO2. The number of nitrogens with zero attached hydrogens (tertiary/aromatic N) is 1. The molecule has 0 amide bonds. The molecule has 6 aromatic carbocycles. The second-order valence-corrected chi connectivity index (χ2v) is 10.0. The Bertz CT molecular complexity index is 2100. The summed E-state index contributed by atoms with van der Waals surface area (Å²) in [5, 5.41) is 2.21. The van der Waals surface area contributed by atoms with Crippen molar-refractivity contribution in [2.45, 2.75) is 0 Å². The molecule has 0 spiro atoms. The van der Waals surface area contributed by atoms with E-state index in [0.717, 1.165) is 55.3 Å². The summed E-state index contributed by atoms with van der Waals surface area (Å²) in [6.45, 7) is 0. The van der Waals surface area contributed by atoms with E-state index in [1.54, 1.807) is 0 Å². The lowest BCUT2D eigenvalue weighted by atomic mass is 9.94. The van der Waals surface area contributed by atoms with Gasteiger partial charge in [0, 0.05) is 21.9 Å². The largest absolute Gasteiger partial charge is 0.455 e. The number of fused-ring (bicyclic) bond motifs is 4. The highest BCUT2D eigenvalue weighted by molar-refractivity contribution is 6.12. The maximum absolute atomic E-state index is 6.54. The first-order chi connectivity index (χ1) is 19.8. The normalized spacial score (nSPS) is 11.5. The van der Waals surface area contributed by atoms with Gasteiger partial charge in [0.05, 0.1) is 0 Å². The van der Waals surface area contributed by atoms with E-state index in [0.29, 0.717) is 5.89 Å². The SMILES string of the molecule is c1ccc(-c2ccc3oc4c(-c5ccc(-c6nc7ccccc7o6)cc5)cc(-c5ccccc5)cc4c3c2)cc1. The van der Waals surface area contributed by atoms with Gasteiger partial charge in [-0.3, -0.25) is 0 Å². The number of aromatic nitrogens is 1. The molecule has 0 aliphatic rings. The fourth-order valence-corrected chi connectivity index (χ4v) is 5.49. The molecule has 8 rings (SSSR count). The van der Waals surface area contributed by atoms with E-state index in [9.17, 15) is 0 Å². The topological polar surface area (TPSA) is 39.2 Å². The number of benzene rings is 6. The van der Waals surface area contributed by atoms with Crippen molar-refractivity contribution < 1.29 is 8.83 Å². The van der Waals surface area contributed by atoms with Gasteiger partial charge >= 0.3 is 0 Å². The summed E-state index contributed by atoms with van der Waals surface area (Å²) in [5.74, 6) is 0.619. The Morgan fingerprint density at radius 3 is 1.77 bits per heavy atom. The van der Waals surface area contributed by atoms with E-state index < -0.39 is 0 Å². The zero-order valence-electron chi connectivity index (χ0n) is 21.5. The molecule has 0 saturated heterocycles. The van der Waals surface area contributed by atoms with Gasteiger partial charge in [-0.1, -0.05) is 91.0 Å². The van der Waals surface area contributed by atoms with Crippen LogP contribution < -0.4 is 0 Å². The first kappa shape index (κ1) is 22.6. The lowest BCUT2D eigenvalue weighted by Crippen LogP contribution is -1.85. The van der Waals surface area contributed by atoms with Crippen molar-refractivity contribution in [2.75, 3.05) is 0 Å². The van der Waals surface area contributed by atoms with Crippen LogP contribution in [0.4, 0.5) is 0 Å². The number of para-hydroxylation sites is 2. The number of hydrogen-bond acceptors (Lipinski definition) is 3. The Kier molecular flexibility index (Phi) is 5.14. The molecule has 0 bridgehead atoms. The fraction of sp³-hybridized carbons (Fsp3) is 0. The van der Waals surface area contributed by atoms with E-state index in [1.807, 2.05) is 36.4 Å². The Morgan fingerprint density at radius 2 is 1.02 bits per heavy atom. The van der Waals surface area contributed by atoms with Gasteiger partial charge in [-0.05, 0) is 76.3 Å². The average molecular weight is 514 g/mol. The molecule has 3 heteroatoms. The molecule has 3 nitrogen and oxygen atoms in total. The zero-order chi connectivity index (χ0) is 26.5. The molecule has 0 radical (unpaired) electrons. The van der Waals surface area contributed by atoms with Crippen molar-refractivity contribution in [2.24, 2.45) is 0 Å². The number of oxazole rings is 1. The van der Waals surface area contributed by atoms with Crippen LogP contribution in [0, 0.1) is 0 Å². The third kappa shape index (κ3) is 3.79. The van der Waals surface area contributed by atoms with Crippen molar-refractivity contribution >= 4 is 33.0 Å². The molecule has 2 heterocycles. The first-order valence-electron chi connectivity index (χ1n) is 13.4. The monoisotopic (exact) mass is 513 g/mol. The van der Waals surface area contributed by atoms with E-state index >= 15 is 0 Å². The van der Waals surface area contributed by atoms with Gasteiger partial charge in [0.1, 0.15) is 16.7 Å². The third-order valence-corrected chi connectivity index (χ3v) is 7.52. The molecule has 40 heavy (non-hydrogen) atoms. The Labute approximate surface area is 231 Å². The molecule has 0 N–H and O–H groups in total. The van der Waals surface area contributed by atoms with Crippen molar-refractivity contribution in [3.05, 3.63) is 140 Å². The summed E-state index contributed by atoms with van der Waals surface area (Å²) < 4.78 is 12.5. The minimum Gasteiger partial charge on any atom is -0.455 e. The minimum absolute atomic E-state index is 0.619. The summed E-state index contributed by atoms with van der Waals surface area (Å²) in [4.78, 5) is 4.67. The molecule has 0 aliphatic heterocycles. The number of furan rings is 1. The highest BCUT2D eigenvalue weighted by Crippen LogP contribution is 2.41. The lowest BCUT2D eigenvalue weighted by molar-refractivity contribution is 0.620. The predicted molar refractivity (Wildman–Crippen MR) is 163 cm³/mol. The number of hydrogen-bond donors (Lipinski definition) is 0. The van der Waals surface area contributed by atoms with Crippen LogP contribution in [0.15, 0.2) is 148 Å². The zero-order valence-corrected chi connectivity index (χ0v) is 21.5. The second kappa shape index (κ2) is 9.11. The second-order valence-electron chi connectivity index (χ2n) is 10.0. The minimum atomic E-state index is 0.619. The molecule has 0 fully saturated rings. The fourth-order valence-electron chi connectivity index (χ4n) is 5.49. The first-order valence-corrected chi connectivity index (χ1v) is 13.4. The molecule has 8 aromatic rings. The third-order valence-electron chi connectivity index (χ3n) is 7.52. The van der Waals surface area contributed by atoms with Gasteiger partial charge in [-0.25, -0.2) is 4.98 Å². The maximum Gasteiger partial charge on any atom is 0.227 e. The van der Waals surface area contributed by atoms with Gasteiger partial charge in [0.25, 0.3) is 0 Å². The molecule has 2 aromatic heterocycles. The van der Waals surface area contributed by atoms with Crippen LogP contribution >= 0.6 is 0 Å². The van der Waals surface area contributed by atoms with Crippen LogP contribution in [0.25, 0.3) is 77.9 Å². The maximum atomic E-state index is 6.54. The summed E-state index contributed by atoms with van der Waals surface area (Å²) in [5.41, 5.74) is 11.2. The summed E-state index contributed by atoms with van der Waals surface area (Å²) in [7, 11) is 0. The Morgan fingerprint density at radius 1 is 0.400 bits per heavy atom. The van der Waals surface area contributed by atoms with Crippen molar-refractivity contribution in [1.82, 2.24) is 4.98 Å². The van der Waals surface area contributed by atoms with Gasteiger partial charge in [0.15, 0.2) is 5.58 Å². The molecular weight excluding hydrogens is 490 g/mol. The van der Waals surface area contributed by atoms with Crippen LogP contribution in [-0.4, -0.2) is 4.98 Å². The van der Waals surface area contributed by atoms with Gasteiger partial charge in [0.2, 0.25) is 5.89 Å². The van der Waals surface area contributed by atoms with E-state index in [2.05, 4.69) is 108 Å². The van der Waals surface area contributed by atoms with Crippen molar-refractivity contribution in [3.8, 4) is 44.8 Å². The molecule has 0 unspecified atom stereocenters. The highest BCUT2D eigenvalue weighted by Gasteiger charge is 2.17. The van der Waals surface area contributed by atoms with Gasteiger partial charge < -0.3 is 8.83 Å².